The molecule has 2 atom stereocenters. The van der Waals surface area contributed by atoms with E-state index >= 15 is 0 Å². The third-order valence-corrected chi connectivity index (χ3v) is 6.27. The molecule has 1 aliphatic rings. The first-order chi connectivity index (χ1) is 13.1. The molecule has 2 unspecified atom stereocenters. The van der Waals surface area contributed by atoms with E-state index in [-0.39, 0.29) is 18.7 Å². The van der Waals surface area contributed by atoms with Gasteiger partial charge in [-0.2, -0.15) is 18.2 Å². The zero-order chi connectivity index (χ0) is 20.5. The van der Waals surface area contributed by atoms with Crippen molar-refractivity contribution in [2.75, 3.05) is 13.7 Å². The summed E-state index contributed by atoms with van der Waals surface area (Å²) in [6.45, 7) is -0.418. The van der Waals surface area contributed by atoms with Crippen molar-refractivity contribution in [2.24, 2.45) is 0 Å². The molecule has 1 heterocycles. The van der Waals surface area contributed by atoms with Gasteiger partial charge in [0.2, 0.25) is 10.0 Å². The smallest absolute Gasteiger partial charge is 0.297 e. The van der Waals surface area contributed by atoms with Crippen molar-refractivity contribution < 1.29 is 30.8 Å². The predicted molar refractivity (Wildman–Crippen MR) is 93.8 cm³/mol. The Kier molecular flexibility index (Phi) is 5.76. The molecule has 0 amide bonds. The van der Waals surface area contributed by atoms with E-state index in [1.165, 1.54) is 41.5 Å². The average Bonchev–Trinajstić information content (AvgIpc) is 3.03. The second kappa shape index (κ2) is 7.78. The fourth-order valence-corrected chi connectivity index (χ4v) is 4.58. The van der Waals surface area contributed by atoms with Gasteiger partial charge in [-0.15, -0.1) is 0 Å². The van der Waals surface area contributed by atoms with Crippen LogP contribution in [0.1, 0.15) is 22.7 Å². The van der Waals surface area contributed by atoms with Gasteiger partial charge < -0.3 is 0 Å². The number of hydroxylamine groups is 2. The molecule has 1 aliphatic heterocycles. The molecule has 152 valence electrons. The van der Waals surface area contributed by atoms with Crippen molar-refractivity contribution in [1.29, 1.82) is 0 Å². The number of benzene rings is 2. The summed E-state index contributed by atoms with van der Waals surface area (Å²) in [5.41, 5.74) is -0.114. The second-order valence-corrected chi connectivity index (χ2v) is 8.43. The molecule has 3 rings (SSSR count). The van der Waals surface area contributed by atoms with Crippen LogP contribution in [0.3, 0.4) is 0 Å². The number of nitrogens with one attached hydrogen (secondary N) is 1. The minimum Gasteiger partial charge on any atom is -0.297 e. The van der Waals surface area contributed by atoms with Crippen LogP contribution in [0.5, 0.6) is 0 Å². The summed E-state index contributed by atoms with van der Waals surface area (Å²) in [6.07, 6.45) is -4.51. The third kappa shape index (κ3) is 4.52. The lowest BCUT2D eigenvalue weighted by Gasteiger charge is -2.23. The Morgan fingerprint density at radius 1 is 1.18 bits per heavy atom. The summed E-state index contributed by atoms with van der Waals surface area (Å²) in [5, 5.41) is 0.371. The first kappa shape index (κ1) is 20.7. The van der Waals surface area contributed by atoms with Gasteiger partial charge in [0.25, 0.3) is 0 Å². The van der Waals surface area contributed by atoms with Crippen LogP contribution in [0.25, 0.3) is 0 Å². The van der Waals surface area contributed by atoms with Crippen LogP contribution >= 0.6 is 0 Å². The Labute approximate surface area is 159 Å². The largest absolute Gasteiger partial charge is 0.416 e. The molecular weight excluding hydrogens is 400 g/mol. The third-order valence-electron chi connectivity index (χ3n) is 4.53. The van der Waals surface area contributed by atoms with Crippen LogP contribution in [0.2, 0.25) is 0 Å². The van der Waals surface area contributed by atoms with Crippen molar-refractivity contribution in [3.05, 3.63) is 71.0 Å². The SMILES string of the molecule is CN1OCC(S(=O)(=O)NCc2cccc(C(F)(F)F)c2)C1c1ccc(F)cc1. The van der Waals surface area contributed by atoms with E-state index in [0.29, 0.717) is 5.56 Å². The normalized spacial score (nSPS) is 21.2. The fraction of sp³-hybridized carbons (Fsp3) is 0.333. The van der Waals surface area contributed by atoms with Crippen LogP contribution in [0, 0.1) is 5.82 Å². The van der Waals surface area contributed by atoms with Crippen molar-refractivity contribution in [1.82, 2.24) is 9.79 Å². The van der Waals surface area contributed by atoms with Gasteiger partial charge in [-0.3, -0.25) is 4.84 Å². The minimum atomic E-state index is -4.51. The molecule has 1 N–H and O–H groups in total. The molecule has 1 saturated heterocycles. The molecule has 10 heteroatoms. The highest BCUT2D eigenvalue weighted by atomic mass is 32.2. The summed E-state index contributed by atoms with van der Waals surface area (Å²) in [7, 11) is -2.37. The number of hydrogen-bond acceptors (Lipinski definition) is 4. The van der Waals surface area contributed by atoms with E-state index in [1.54, 1.807) is 7.05 Å². The Morgan fingerprint density at radius 2 is 1.86 bits per heavy atom. The van der Waals surface area contributed by atoms with Crippen molar-refractivity contribution in [3.8, 4) is 0 Å². The van der Waals surface area contributed by atoms with Crippen LogP contribution in [-0.2, 0) is 27.6 Å². The standard InChI is InChI=1S/C18H18F4N2O3S/c1-24-17(13-5-7-15(19)8-6-13)16(11-27-24)28(25,26)23-10-12-3-2-4-14(9-12)18(20,21)22/h2-9,16-17,23H,10-11H2,1H3. The number of rotatable bonds is 5. The highest BCUT2D eigenvalue weighted by Crippen LogP contribution is 2.33. The van der Waals surface area contributed by atoms with Crippen molar-refractivity contribution in [2.45, 2.75) is 24.0 Å². The van der Waals surface area contributed by atoms with E-state index in [2.05, 4.69) is 4.72 Å². The maximum Gasteiger partial charge on any atom is 0.416 e. The van der Waals surface area contributed by atoms with Gasteiger partial charge in [-0.05, 0) is 29.3 Å². The highest BCUT2D eigenvalue weighted by molar-refractivity contribution is 7.90. The maximum absolute atomic E-state index is 13.2. The number of hydrogen-bond donors (Lipinski definition) is 1. The van der Waals surface area contributed by atoms with Crippen LogP contribution in [0.4, 0.5) is 17.6 Å². The molecule has 2 aromatic rings. The molecule has 0 bridgehead atoms. The summed E-state index contributed by atoms with van der Waals surface area (Å²) in [6, 6.07) is 9.16. The average molecular weight is 418 g/mol. The number of sulfonamides is 1. The van der Waals surface area contributed by atoms with Crippen molar-refractivity contribution in [3.63, 3.8) is 0 Å². The monoisotopic (exact) mass is 418 g/mol. The second-order valence-electron chi connectivity index (χ2n) is 6.44. The maximum atomic E-state index is 13.2. The first-order valence-corrected chi connectivity index (χ1v) is 9.88. The number of halogens is 4. The van der Waals surface area contributed by atoms with Gasteiger partial charge in [0.15, 0.2) is 0 Å². The predicted octanol–water partition coefficient (Wildman–Crippen LogP) is 3.25. The van der Waals surface area contributed by atoms with Gasteiger partial charge in [-0.25, -0.2) is 17.5 Å². The molecule has 28 heavy (non-hydrogen) atoms. The van der Waals surface area contributed by atoms with E-state index in [4.69, 9.17) is 4.84 Å². The van der Waals surface area contributed by atoms with E-state index in [1.807, 2.05) is 0 Å². The highest BCUT2D eigenvalue weighted by Gasteiger charge is 2.43. The topological polar surface area (TPSA) is 58.6 Å². The quantitative estimate of drug-likeness (QED) is 0.758. The van der Waals surface area contributed by atoms with E-state index < -0.39 is 38.9 Å². The summed E-state index contributed by atoms with van der Waals surface area (Å²) in [5.74, 6) is -0.451. The molecule has 0 saturated carbocycles. The zero-order valence-corrected chi connectivity index (χ0v) is 15.6. The fourth-order valence-electron chi connectivity index (χ4n) is 3.09. The summed E-state index contributed by atoms with van der Waals surface area (Å²) >= 11 is 0. The lowest BCUT2D eigenvalue weighted by atomic mass is 10.0. The van der Waals surface area contributed by atoms with E-state index in [0.717, 1.165) is 12.1 Å². The number of nitrogens with zero attached hydrogens (tertiary/aromatic N) is 1. The summed E-state index contributed by atoms with van der Waals surface area (Å²) < 4.78 is 79.5. The van der Waals surface area contributed by atoms with Gasteiger partial charge in [-0.1, -0.05) is 30.3 Å². The Morgan fingerprint density at radius 3 is 2.50 bits per heavy atom. The van der Waals surface area contributed by atoms with Crippen LogP contribution < -0.4 is 4.72 Å². The lowest BCUT2D eigenvalue weighted by Crippen LogP contribution is -2.39. The Hall–Kier alpha value is -2.01. The molecule has 5 nitrogen and oxygen atoms in total. The van der Waals surface area contributed by atoms with Crippen LogP contribution in [0.15, 0.2) is 48.5 Å². The summed E-state index contributed by atoms with van der Waals surface area (Å²) in [4.78, 5) is 5.34. The molecule has 1 fully saturated rings. The molecule has 0 spiro atoms. The van der Waals surface area contributed by atoms with E-state index in [9.17, 15) is 26.0 Å². The van der Waals surface area contributed by atoms with Gasteiger partial charge in [0.05, 0.1) is 18.2 Å². The van der Waals surface area contributed by atoms with Crippen LogP contribution in [-0.4, -0.2) is 32.4 Å². The molecular formula is C18H18F4N2O3S. The molecule has 0 aromatic heterocycles. The van der Waals surface area contributed by atoms with Gasteiger partial charge in [0.1, 0.15) is 11.1 Å². The Balaban J connectivity index is 1.77. The minimum absolute atomic E-state index is 0.129. The van der Waals surface area contributed by atoms with Gasteiger partial charge in [0, 0.05) is 13.6 Å². The zero-order valence-electron chi connectivity index (χ0n) is 14.8. The Bertz CT molecular complexity index is 933. The molecule has 0 radical (unpaired) electrons. The molecule has 2 aromatic carbocycles. The molecule has 0 aliphatic carbocycles. The van der Waals surface area contributed by atoms with Crippen molar-refractivity contribution >= 4 is 10.0 Å². The first-order valence-electron chi connectivity index (χ1n) is 8.34. The lowest BCUT2D eigenvalue weighted by molar-refractivity contribution is -0.137. The van der Waals surface area contributed by atoms with Gasteiger partial charge >= 0.3 is 6.18 Å². The number of alkyl halides is 3.